The third kappa shape index (κ3) is 5.64. The third-order valence-electron chi connectivity index (χ3n) is 6.23. The number of likely N-dealkylation sites (tertiary alicyclic amines) is 2. The highest BCUT2D eigenvalue weighted by molar-refractivity contribution is 5.79. The van der Waals surface area contributed by atoms with Gasteiger partial charge in [0.25, 0.3) is 0 Å². The normalized spacial score (nSPS) is 19.3. The third-order valence-corrected chi connectivity index (χ3v) is 6.23. The van der Waals surface area contributed by atoms with Gasteiger partial charge < -0.3 is 15.1 Å². The summed E-state index contributed by atoms with van der Waals surface area (Å²) in [5.41, 5.74) is 2.67. The van der Waals surface area contributed by atoms with Crippen LogP contribution in [-0.2, 0) is 13.1 Å². The van der Waals surface area contributed by atoms with Crippen LogP contribution in [0, 0.1) is 0 Å². The SMILES string of the molecule is CN=C(NCc1ccc(CN2CCCC2)cc1)NCC(c1ccco1)N1CCCC1. The average Bonchev–Trinajstić information content (AvgIpc) is 3.56. The number of nitrogens with zero attached hydrogens (tertiary/aromatic N) is 3. The maximum atomic E-state index is 5.72. The van der Waals surface area contributed by atoms with Crippen LogP contribution in [0.25, 0.3) is 0 Å². The molecule has 0 amide bonds. The van der Waals surface area contributed by atoms with Crippen LogP contribution in [0.15, 0.2) is 52.1 Å². The Morgan fingerprint density at radius 3 is 2.33 bits per heavy atom. The van der Waals surface area contributed by atoms with Crippen molar-refractivity contribution < 1.29 is 4.42 Å². The summed E-state index contributed by atoms with van der Waals surface area (Å²) in [6.45, 7) is 7.34. The van der Waals surface area contributed by atoms with E-state index < -0.39 is 0 Å². The van der Waals surface area contributed by atoms with Crippen LogP contribution in [-0.4, -0.2) is 55.5 Å². The van der Waals surface area contributed by atoms with Crippen molar-refractivity contribution >= 4 is 5.96 Å². The van der Waals surface area contributed by atoms with E-state index >= 15 is 0 Å². The summed E-state index contributed by atoms with van der Waals surface area (Å²) < 4.78 is 5.72. The number of hydrogen-bond acceptors (Lipinski definition) is 4. The zero-order valence-corrected chi connectivity index (χ0v) is 18.1. The smallest absolute Gasteiger partial charge is 0.191 e. The molecule has 2 fully saturated rings. The highest BCUT2D eigenvalue weighted by atomic mass is 16.3. The van der Waals surface area contributed by atoms with Crippen molar-refractivity contribution in [2.24, 2.45) is 4.99 Å². The molecule has 1 unspecified atom stereocenters. The molecule has 2 N–H and O–H groups in total. The molecule has 0 bridgehead atoms. The topological polar surface area (TPSA) is 56.0 Å². The molecule has 6 heteroatoms. The summed E-state index contributed by atoms with van der Waals surface area (Å²) in [7, 11) is 1.83. The Bertz CT molecular complexity index is 774. The second kappa shape index (κ2) is 10.6. The first-order valence-corrected chi connectivity index (χ1v) is 11.3. The molecule has 1 aromatic heterocycles. The minimum absolute atomic E-state index is 0.242. The van der Waals surface area contributed by atoms with E-state index in [4.69, 9.17) is 4.42 Å². The van der Waals surface area contributed by atoms with Crippen molar-refractivity contribution in [1.82, 2.24) is 20.4 Å². The van der Waals surface area contributed by atoms with Crippen molar-refractivity contribution in [2.75, 3.05) is 39.8 Å². The van der Waals surface area contributed by atoms with Gasteiger partial charge in [-0.15, -0.1) is 0 Å². The summed E-state index contributed by atoms with van der Waals surface area (Å²) in [5.74, 6) is 1.85. The van der Waals surface area contributed by atoms with Gasteiger partial charge in [-0.2, -0.15) is 0 Å². The van der Waals surface area contributed by atoms with Gasteiger partial charge in [0.05, 0.1) is 12.3 Å². The molecule has 2 aromatic rings. The lowest BCUT2D eigenvalue weighted by atomic mass is 10.1. The van der Waals surface area contributed by atoms with Gasteiger partial charge in [-0.1, -0.05) is 24.3 Å². The molecule has 0 saturated carbocycles. The Labute approximate surface area is 180 Å². The first-order chi connectivity index (χ1) is 14.8. The number of guanidine groups is 1. The average molecular weight is 410 g/mol. The fraction of sp³-hybridized carbons (Fsp3) is 0.542. The Kier molecular flexibility index (Phi) is 7.43. The van der Waals surface area contributed by atoms with Crippen molar-refractivity contribution in [3.63, 3.8) is 0 Å². The summed E-state index contributed by atoms with van der Waals surface area (Å²) in [4.78, 5) is 9.44. The Balaban J connectivity index is 1.27. The first kappa shape index (κ1) is 20.9. The van der Waals surface area contributed by atoms with Gasteiger partial charge in [-0.3, -0.25) is 14.8 Å². The van der Waals surface area contributed by atoms with E-state index in [-0.39, 0.29) is 6.04 Å². The molecule has 30 heavy (non-hydrogen) atoms. The minimum Gasteiger partial charge on any atom is -0.468 e. The highest BCUT2D eigenvalue weighted by Gasteiger charge is 2.25. The van der Waals surface area contributed by atoms with Gasteiger partial charge >= 0.3 is 0 Å². The molecule has 0 spiro atoms. The summed E-state index contributed by atoms with van der Waals surface area (Å²) in [6.07, 6.45) is 6.97. The molecule has 2 saturated heterocycles. The van der Waals surface area contributed by atoms with Gasteiger partial charge in [0, 0.05) is 26.7 Å². The maximum absolute atomic E-state index is 5.72. The van der Waals surface area contributed by atoms with Crippen molar-refractivity contribution in [3.05, 3.63) is 59.5 Å². The van der Waals surface area contributed by atoms with E-state index in [0.29, 0.717) is 0 Å². The summed E-state index contributed by atoms with van der Waals surface area (Å²) >= 11 is 0. The lowest BCUT2D eigenvalue weighted by Crippen LogP contribution is -2.42. The van der Waals surface area contributed by atoms with Gasteiger partial charge in [-0.05, 0) is 75.1 Å². The van der Waals surface area contributed by atoms with Gasteiger partial charge in [-0.25, -0.2) is 0 Å². The van der Waals surface area contributed by atoms with Crippen LogP contribution in [0.2, 0.25) is 0 Å². The molecule has 1 aromatic carbocycles. The lowest BCUT2D eigenvalue weighted by molar-refractivity contribution is 0.215. The zero-order valence-electron chi connectivity index (χ0n) is 18.1. The fourth-order valence-corrected chi connectivity index (χ4v) is 4.50. The second-order valence-corrected chi connectivity index (χ2v) is 8.38. The molecule has 4 rings (SSSR count). The molecular formula is C24H35N5O. The van der Waals surface area contributed by atoms with Crippen LogP contribution in [0.3, 0.4) is 0 Å². The molecule has 2 aliphatic rings. The van der Waals surface area contributed by atoms with Crippen LogP contribution in [0.5, 0.6) is 0 Å². The van der Waals surface area contributed by atoms with E-state index in [9.17, 15) is 0 Å². The minimum atomic E-state index is 0.242. The zero-order chi connectivity index (χ0) is 20.6. The molecular weight excluding hydrogens is 374 g/mol. The first-order valence-electron chi connectivity index (χ1n) is 11.3. The van der Waals surface area contributed by atoms with E-state index in [1.165, 1.54) is 49.9 Å². The molecule has 0 radical (unpaired) electrons. The van der Waals surface area contributed by atoms with Gasteiger partial charge in [0.15, 0.2) is 5.96 Å². The van der Waals surface area contributed by atoms with Gasteiger partial charge in [0.2, 0.25) is 0 Å². The Hall–Kier alpha value is -2.31. The maximum Gasteiger partial charge on any atom is 0.191 e. The van der Waals surface area contributed by atoms with Crippen LogP contribution in [0.1, 0.15) is 48.6 Å². The number of benzene rings is 1. The number of hydrogen-bond donors (Lipinski definition) is 2. The second-order valence-electron chi connectivity index (χ2n) is 8.38. The quantitative estimate of drug-likeness (QED) is 0.517. The molecule has 2 aliphatic heterocycles. The fourth-order valence-electron chi connectivity index (χ4n) is 4.50. The van der Waals surface area contributed by atoms with E-state index in [1.54, 1.807) is 6.26 Å². The number of rotatable bonds is 8. The predicted molar refractivity (Wildman–Crippen MR) is 121 cm³/mol. The van der Waals surface area contributed by atoms with Gasteiger partial charge in [0.1, 0.15) is 5.76 Å². The predicted octanol–water partition coefficient (Wildman–Crippen LogP) is 3.38. The van der Waals surface area contributed by atoms with Crippen LogP contribution < -0.4 is 10.6 Å². The summed E-state index contributed by atoms with van der Waals surface area (Å²) in [6, 6.07) is 13.2. The van der Waals surface area contributed by atoms with Crippen LogP contribution >= 0.6 is 0 Å². The number of aliphatic imine (C=N–C) groups is 1. The van der Waals surface area contributed by atoms with Crippen LogP contribution in [0.4, 0.5) is 0 Å². The van der Waals surface area contributed by atoms with Crippen molar-refractivity contribution in [3.8, 4) is 0 Å². The summed E-state index contributed by atoms with van der Waals surface area (Å²) in [5, 5.41) is 6.94. The Morgan fingerprint density at radius 1 is 0.967 bits per heavy atom. The largest absolute Gasteiger partial charge is 0.468 e. The van der Waals surface area contributed by atoms with E-state index in [2.05, 4.69) is 55.8 Å². The van der Waals surface area contributed by atoms with Crippen molar-refractivity contribution in [2.45, 2.75) is 44.8 Å². The highest BCUT2D eigenvalue weighted by Crippen LogP contribution is 2.24. The Morgan fingerprint density at radius 2 is 1.67 bits per heavy atom. The standard InChI is InChI=1S/C24H35N5O/c1-25-24(27-18-22(23-7-6-16-30-23)29-14-4-5-15-29)26-17-20-8-10-21(11-9-20)19-28-12-2-3-13-28/h6-11,16,22H,2-5,12-15,17-19H2,1H3,(H2,25,26,27). The van der Waals surface area contributed by atoms with Crippen molar-refractivity contribution in [1.29, 1.82) is 0 Å². The molecule has 0 aliphatic carbocycles. The number of nitrogens with one attached hydrogen (secondary N) is 2. The molecule has 1 atom stereocenters. The van der Waals surface area contributed by atoms with E-state index in [0.717, 1.165) is 44.4 Å². The molecule has 6 nitrogen and oxygen atoms in total. The molecule has 3 heterocycles. The monoisotopic (exact) mass is 409 g/mol. The van der Waals surface area contributed by atoms with E-state index in [1.807, 2.05) is 13.1 Å². The number of furan rings is 1. The lowest BCUT2D eigenvalue weighted by Gasteiger charge is -2.26. The molecule has 162 valence electrons.